The maximum Gasteiger partial charge on any atom is 0.142 e. The molecule has 1 nitrogen and oxygen atoms in total. The van der Waals surface area contributed by atoms with Gasteiger partial charge >= 0.3 is 0 Å². The summed E-state index contributed by atoms with van der Waals surface area (Å²) in [4.78, 5) is 0. The maximum atomic E-state index is 13.4. The zero-order valence-corrected chi connectivity index (χ0v) is 11.3. The molecule has 1 aromatic rings. The lowest BCUT2D eigenvalue weighted by molar-refractivity contribution is 0.209. The smallest absolute Gasteiger partial charge is 0.142 e. The normalized spacial score (nSPS) is 27.8. The zero-order chi connectivity index (χ0) is 13.2. The summed E-state index contributed by atoms with van der Waals surface area (Å²) in [5.74, 6) is 0.164. The third-order valence-corrected chi connectivity index (χ3v) is 4.31. The minimum atomic E-state index is -0.397. The lowest BCUT2D eigenvalue weighted by atomic mass is 9.68. The predicted molar refractivity (Wildman–Crippen MR) is 70.8 cm³/mol. The Balaban J connectivity index is 2.25. The Bertz CT molecular complexity index is 480. The second kappa shape index (κ2) is 5.28. The van der Waals surface area contributed by atoms with Gasteiger partial charge in [-0.2, -0.15) is 5.26 Å². The second-order valence-electron chi connectivity index (χ2n) is 5.48. The topological polar surface area (TPSA) is 23.8 Å². The lowest BCUT2D eigenvalue weighted by Gasteiger charge is -2.34. The van der Waals surface area contributed by atoms with Gasteiger partial charge in [0.05, 0.1) is 16.5 Å². The number of rotatable bonds is 2. The van der Waals surface area contributed by atoms with Crippen LogP contribution < -0.4 is 0 Å². The highest BCUT2D eigenvalue weighted by molar-refractivity contribution is 6.31. The largest absolute Gasteiger partial charge is 0.205 e. The highest BCUT2D eigenvalue weighted by atomic mass is 35.5. The molecule has 1 aliphatic carbocycles. The van der Waals surface area contributed by atoms with Crippen molar-refractivity contribution in [3.8, 4) is 6.07 Å². The molecule has 0 aromatic heterocycles. The predicted octanol–water partition coefficient (Wildman–Crippen LogP) is 4.74. The summed E-state index contributed by atoms with van der Waals surface area (Å²) in [6.07, 6.45) is 4.59. The van der Waals surface area contributed by atoms with Crippen LogP contribution in [0.15, 0.2) is 18.2 Å². The number of nitrogens with zero attached hydrogens (tertiary/aromatic N) is 1. The molecule has 0 bridgehead atoms. The molecule has 0 spiro atoms. The summed E-state index contributed by atoms with van der Waals surface area (Å²) in [6.45, 7) is 2.18. The number of nitriles is 1. The van der Waals surface area contributed by atoms with Crippen molar-refractivity contribution in [2.24, 2.45) is 11.3 Å². The van der Waals surface area contributed by atoms with Crippen LogP contribution in [0.3, 0.4) is 0 Å². The molecule has 3 heteroatoms. The Morgan fingerprint density at radius 3 is 3.00 bits per heavy atom. The Kier molecular flexibility index (Phi) is 3.92. The van der Waals surface area contributed by atoms with Crippen LogP contribution in [0.4, 0.5) is 4.39 Å². The van der Waals surface area contributed by atoms with E-state index in [1.807, 2.05) is 6.07 Å². The molecular weight excluding hydrogens is 249 g/mol. The molecule has 1 fully saturated rings. The molecule has 1 aromatic carbocycles. The Labute approximate surface area is 113 Å². The Morgan fingerprint density at radius 1 is 1.56 bits per heavy atom. The van der Waals surface area contributed by atoms with Crippen molar-refractivity contribution in [1.29, 1.82) is 5.26 Å². The van der Waals surface area contributed by atoms with E-state index in [4.69, 9.17) is 11.6 Å². The van der Waals surface area contributed by atoms with Crippen LogP contribution in [0, 0.1) is 28.5 Å². The first-order chi connectivity index (χ1) is 8.56. The molecule has 0 amide bonds. The van der Waals surface area contributed by atoms with Gasteiger partial charge in [-0.05, 0) is 36.8 Å². The van der Waals surface area contributed by atoms with Crippen molar-refractivity contribution in [3.63, 3.8) is 0 Å². The van der Waals surface area contributed by atoms with E-state index >= 15 is 0 Å². The van der Waals surface area contributed by atoms with Crippen molar-refractivity contribution in [2.45, 2.75) is 39.0 Å². The van der Waals surface area contributed by atoms with E-state index in [1.165, 1.54) is 12.5 Å². The lowest BCUT2D eigenvalue weighted by Crippen LogP contribution is -2.28. The van der Waals surface area contributed by atoms with Gasteiger partial charge in [0.2, 0.25) is 0 Å². The van der Waals surface area contributed by atoms with E-state index in [0.717, 1.165) is 24.8 Å². The van der Waals surface area contributed by atoms with Crippen LogP contribution in [-0.2, 0) is 6.42 Å². The molecule has 0 radical (unpaired) electrons. The van der Waals surface area contributed by atoms with Gasteiger partial charge in [0.1, 0.15) is 5.82 Å². The van der Waals surface area contributed by atoms with Crippen molar-refractivity contribution >= 4 is 11.6 Å². The van der Waals surface area contributed by atoms with Crippen molar-refractivity contribution in [1.82, 2.24) is 0 Å². The second-order valence-corrected chi connectivity index (χ2v) is 5.86. The van der Waals surface area contributed by atoms with E-state index in [1.54, 1.807) is 6.07 Å². The first-order valence-electron chi connectivity index (χ1n) is 6.40. The summed E-state index contributed by atoms with van der Waals surface area (Å²) in [5.41, 5.74) is 0.391. The molecule has 1 aliphatic rings. The molecule has 1 saturated carbocycles. The average Bonchev–Trinajstić information content (AvgIpc) is 2.35. The summed E-state index contributed by atoms with van der Waals surface area (Å²) in [7, 11) is 0. The van der Waals surface area contributed by atoms with E-state index in [2.05, 4.69) is 13.0 Å². The standard InChI is InChI=1S/C15H17ClFN/c1-11-4-3-7-15(8-11,10-18)9-12-5-2-6-13(17)14(12)16/h2,5-6,11H,3-4,7-9H2,1H3. The quantitative estimate of drug-likeness (QED) is 0.758. The van der Waals surface area contributed by atoms with Gasteiger partial charge < -0.3 is 0 Å². The van der Waals surface area contributed by atoms with Crippen LogP contribution in [0.5, 0.6) is 0 Å². The molecule has 0 aliphatic heterocycles. The SMILES string of the molecule is CC1CCCC(C#N)(Cc2cccc(F)c2Cl)C1. The molecule has 2 atom stereocenters. The fraction of sp³-hybridized carbons (Fsp3) is 0.533. The number of hydrogen-bond donors (Lipinski definition) is 0. The Hall–Kier alpha value is -1.07. The van der Waals surface area contributed by atoms with Gasteiger partial charge in [-0.25, -0.2) is 4.39 Å². The number of halogens is 2. The van der Waals surface area contributed by atoms with Crippen molar-refractivity contribution < 1.29 is 4.39 Å². The van der Waals surface area contributed by atoms with Gasteiger partial charge in [0.15, 0.2) is 0 Å². The molecule has 96 valence electrons. The summed E-state index contributed by atoms with van der Waals surface area (Å²) >= 11 is 5.98. The van der Waals surface area contributed by atoms with Gasteiger partial charge in [-0.1, -0.05) is 43.5 Å². The van der Waals surface area contributed by atoms with Gasteiger partial charge in [0.25, 0.3) is 0 Å². The van der Waals surface area contributed by atoms with E-state index in [-0.39, 0.29) is 10.4 Å². The van der Waals surface area contributed by atoms with E-state index in [0.29, 0.717) is 12.3 Å². The van der Waals surface area contributed by atoms with E-state index < -0.39 is 5.82 Å². The molecule has 18 heavy (non-hydrogen) atoms. The fourth-order valence-electron chi connectivity index (χ4n) is 3.01. The third-order valence-electron chi connectivity index (χ3n) is 3.89. The molecule has 0 heterocycles. The van der Waals surface area contributed by atoms with Gasteiger partial charge in [0, 0.05) is 0 Å². The average molecular weight is 266 g/mol. The Morgan fingerprint density at radius 2 is 2.33 bits per heavy atom. The van der Waals surface area contributed by atoms with E-state index in [9.17, 15) is 9.65 Å². The van der Waals surface area contributed by atoms with Crippen LogP contribution in [-0.4, -0.2) is 0 Å². The third kappa shape index (κ3) is 2.67. The minimum absolute atomic E-state index is 0.172. The molecule has 0 saturated heterocycles. The zero-order valence-electron chi connectivity index (χ0n) is 10.5. The summed E-state index contributed by atoms with van der Waals surface area (Å²) < 4.78 is 13.4. The van der Waals surface area contributed by atoms with Crippen molar-refractivity contribution in [2.75, 3.05) is 0 Å². The molecular formula is C15H17ClFN. The first kappa shape index (κ1) is 13.4. The maximum absolute atomic E-state index is 13.4. The molecule has 0 N–H and O–H groups in total. The first-order valence-corrected chi connectivity index (χ1v) is 6.78. The monoisotopic (exact) mass is 265 g/mol. The van der Waals surface area contributed by atoms with Gasteiger partial charge in [-0.15, -0.1) is 0 Å². The van der Waals surface area contributed by atoms with Crippen molar-refractivity contribution in [3.05, 3.63) is 34.6 Å². The summed E-state index contributed by atoms with van der Waals surface area (Å²) in [6, 6.07) is 7.30. The van der Waals surface area contributed by atoms with Crippen LogP contribution >= 0.6 is 11.6 Å². The van der Waals surface area contributed by atoms with Crippen LogP contribution in [0.2, 0.25) is 5.02 Å². The number of benzene rings is 1. The fourth-order valence-corrected chi connectivity index (χ4v) is 3.20. The highest BCUT2D eigenvalue weighted by Gasteiger charge is 2.35. The highest BCUT2D eigenvalue weighted by Crippen LogP contribution is 2.42. The van der Waals surface area contributed by atoms with Gasteiger partial charge in [-0.3, -0.25) is 0 Å². The molecule has 2 unspecified atom stereocenters. The van der Waals surface area contributed by atoms with Crippen LogP contribution in [0.25, 0.3) is 0 Å². The van der Waals surface area contributed by atoms with Crippen LogP contribution in [0.1, 0.15) is 38.2 Å². The minimum Gasteiger partial charge on any atom is -0.205 e. The summed E-state index contributed by atoms with van der Waals surface area (Å²) in [5, 5.41) is 9.67. The molecule has 2 rings (SSSR count). The number of hydrogen-bond acceptors (Lipinski definition) is 1.